The van der Waals surface area contributed by atoms with Crippen molar-refractivity contribution < 1.29 is 0 Å². The molecule has 1 atom stereocenters. The quantitative estimate of drug-likeness (QED) is 0.591. The van der Waals surface area contributed by atoms with Gasteiger partial charge in [-0.15, -0.1) is 0 Å². The second kappa shape index (κ2) is 2.88. The molecule has 0 amide bonds. The molecule has 1 aromatic carbocycles. The minimum absolute atomic E-state index is 0.605. The van der Waals surface area contributed by atoms with Crippen LogP contribution in [0.1, 0.15) is 33.5 Å². The molecule has 0 heterocycles. The summed E-state index contributed by atoms with van der Waals surface area (Å²) in [6.45, 7) is 4.39. The maximum Gasteiger partial charge on any atom is 0.0403 e. The van der Waals surface area contributed by atoms with Gasteiger partial charge in [-0.1, -0.05) is 33.6 Å². The lowest BCUT2D eigenvalue weighted by atomic mass is 10.0. The fourth-order valence-corrected chi connectivity index (χ4v) is 3.03. The Hall–Kier alpha value is -0.300. The first-order chi connectivity index (χ1) is 5.68. The van der Waals surface area contributed by atoms with Crippen molar-refractivity contribution >= 4 is 15.9 Å². The minimum Gasteiger partial charge on any atom is -0.0838 e. The van der Waals surface area contributed by atoms with E-state index in [-0.39, 0.29) is 0 Å². The van der Waals surface area contributed by atoms with E-state index in [2.05, 4.69) is 41.9 Å². The van der Waals surface area contributed by atoms with Crippen molar-refractivity contribution in [2.45, 2.75) is 31.5 Å². The first kappa shape index (κ1) is 8.31. The van der Waals surface area contributed by atoms with Crippen LogP contribution in [0.5, 0.6) is 0 Å². The van der Waals surface area contributed by atoms with Gasteiger partial charge in [-0.25, -0.2) is 0 Å². The van der Waals surface area contributed by atoms with Crippen molar-refractivity contribution in [2.75, 3.05) is 0 Å². The highest BCUT2D eigenvalue weighted by Crippen LogP contribution is 2.39. The number of benzene rings is 1. The monoisotopic (exact) mass is 224 g/mol. The predicted molar refractivity (Wildman–Crippen MR) is 55.9 cm³/mol. The fourth-order valence-electron chi connectivity index (χ4n) is 2.15. The summed E-state index contributed by atoms with van der Waals surface area (Å²) in [5, 5.41) is 0. The third-order valence-corrected chi connectivity index (χ3v) is 3.51. The van der Waals surface area contributed by atoms with Crippen LogP contribution in [0.25, 0.3) is 0 Å². The van der Waals surface area contributed by atoms with Crippen LogP contribution in [0.2, 0.25) is 0 Å². The zero-order chi connectivity index (χ0) is 8.72. The van der Waals surface area contributed by atoms with E-state index in [0.717, 1.165) is 0 Å². The van der Waals surface area contributed by atoms with Crippen LogP contribution in [-0.4, -0.2) is 0 Å². The van der Waals surface area contributed by atoms with Gasteiger partial charge < -0.3 is 0 Å². The predicted octanol–water partition coefficient (Wildman–Crippen LogP) is 3.69. The summed E-state index contributed by atoms with van der Waals surface area (Å²) >= 11 is 3.71. The van der Waals surface area contributed by atoms with E-state index in [4.69, 9.17) is 0 Å². The first-order valence-electron chi connectivity index (χ1n) is 4.42. The third-order valence-electron chi connectivity index (χ3n) is 2.60. The first-order valence-corrected chi connectivity index (χ1v) is 5.34. The number of aryl methyl sites for hydroxylation is 3. The van der Waals surface area contributed by atoms with Gasteiger partial charge in [0.2, 0.25) is 0 Å². The Labute approximate surface area is 82.1 Å². The largest absolute Gasteiger partial charge is 0.0838 e. The molecule has 0 saturated heterocycles. The van der Waals surface area contributed by atoms with Gasteiger partial charge in [-0.2, -0.15) is 0 Å². The molecule has 1 unspecified atom stereocenters. The summed E-state index contributed by atoms with van der Waals surface area (Å²) in [5.74, 6) is 0. The van der Waals surface area contributed by atoms with Gasteiger partial charge in [0.25, 0.3) is 0 Å². The summed E-state index contributed by atoms with van der Waals surface area (Å²) in [4.78, 5) is 0.605. The molecule has 2 rings (SSSR count). The summed E-state index contributed by atoms with van der Waals surface area (Å²) in [6, 6.07) is 4.60. The van der Waals surface area contributed by atoms with E-state index in [9.17, 15) is 0 Å². The third kappa shape index (κ3) is 1.20. The Morgan fingerprint density at radius 2 is 2.08 bits per heavy atom. The Morgan fingerprint density at radius 1 is 1.33 bits per heavy atom. The Bertz CT molecular complexity index is 315. The van der Waals surface area contributed by atoms with Crippen molar-refractivity contribution in [3.63, 3.8) is 0 Å². The summed E-state index contributed by atoms with van der Waals surface area (Å²) in [6.07, 6.45) is 2.51. The zero-order valence-corrected chi connectivity index (χ0v) is 9.11. The highest BCUT2D eigenvalue weighted by Gasteiger charge is 2.21. The van der Waals surface area contributed by atoms with E-state index >= 15 is 0 Å². The molecule has 0 bridgehead atoms. The highest BCUT2D eigenvalue weighted by atomic mass is 79.9. The van der Waals surface area contributed by atoms with Crippen LogP contribution in [0.3, 0.4) is 0 Å². The van der Waals surface area contributed by atoms with E-state index < -0.39 is 0 Å². The molecule has 0 saturated carbocycles. The lowest BCUT2D eigenvalue weighted by Gasteiger charge is -2.08. The second-order valence-corrected chi connectivity index (χ2v) is 4.77. The van der Waals surface area contributed by atoms with Gasteiger partial charge in [-0.3, -0.25) is 0 Å². The highest BCUT2D eigenvalue weighted by molar-refractivity contribution is 9.09. The summed E-state index contributed by atoms with van der Waals surface area (Å²) < 4.78 is 0. The molecule has 0 aliphatic heterocycles. The van der Waals surface area contributed by atoms with Gasteiger partial charge in [0.05, 0.1) is 0 Å². The normalized spacial score (nSPS) is 21.1. The van der Waals surface area contributed by atoms with Crippen molar-refractivity contribution in [3.8, 4) is 0 Å². The zero-order valence-electron chi connectivity index (χ0n) is 7.52. The van der Waals surface area contributed by atoms with E-state index in [1.807, 2.05) is 0 Å². The molecular formula is C11H13Br. The molecule has 1 heteroatoms. The van der Waals surface area contributed by atoms with Gasteiger partial charge in [-0.05, 0) is 43.4 Å². The van der Waals surface area contributed by atoms with E-state index in [0.29, 0.717) is 4.83 Å². The average molecular weight is 225 g/mol. The molecule has 0 N–H and O–H groups in total. The molecule has 0 aromatic heterocycles. The second-order valence-electron chi connectivity index (χ2n) is 3.66. The summed E-state index contributed by atoms with van der Waals surface area (Å²) in [7, 11) is 0. The molecule has 0 nitrogen and oxygen atoms in total. The number of fused-ring (bicyclic) bond motifs is 1. The number of hydrogen-bond donors (Lipinski definition) is 0. The molecule has 0 fully saturated rings. The van der Waals surface area contributed by atoms with Crippen LogP contribution in [0.4, 0.5) is 0 Å². The van der Waals surface area contributed by atoms with Gasteiger partial charge in [0.1, 0.15) is 0 Å². The van der Waals surface area contributed by atoms with E-state index in [1.165, 1.54) is 24.0 Å². The number of alkyl halides is 1. The number of rotatable bonds is 0. The van der Waals surface area contributed by atoms with Crippen molar-refractivity contribution in [3.05, 3.63) is 34.4 Å². The summed E-state index contributed by atoms with van der Waals surface area (Å²) in [5.41, 5.74) is 5.94. The van der Waals surface area contributed by atoms with Crippen molar-refractivity contribution in [1.82, 2.24) is 0 Å². The Kier molecular flexibility index (Phi) is 1.99. The molecule has 64 valence electrons. The standard InChI is InChI=1S/C11H13Br/c1-7-5-8(2)11-9(6-7)3-4-10(11)12/h5-6,10H,3-4H2,1-2H3. The average Bonchev–Trinajstić information content (AvgIpc) is 2.31. The minimum atomic E-state index is 0.605. The van der Waals surface area contributed by atoms with Crippen LogP contribution in [0.15, 0.2) is 12.1 Å². The molecule has 1 aliphatic carbocycles. The van der Waals surface area contributed by atoms with Crippen LogP contribution < -0.4 is 0 Å². The van der Waals surface area contributed by atoms with Crippen LogP contribution in [0, 0.1) is 13.8 Å². The lowest BCUT2D eigenvalue weighted by molar-refractivity contribution is 0.901. The molecule has 1 aromatic rings. The van der Waals surface area contributed by atoms with Crippen LogP contribution in [-0.2, 0) is 6.42 Å². The SMILES string of the molecule is Cc1cc(C)c2c(c1)CCC2Br. The topological polar surface area (TPSA) is 0 Å². The maximum absolute atomic E-state index is 3.71. The molecule has 12 heavy (non-hydrogen) atoms. The fraction of sp³-hybridized carbons (Fsp3) is 0.455. The molecule has 0 radical (unpaired) electrons. The van der Waals surface area contributed by atoms with Gasteiger partial charge >= 0.3 is 0 Å². The Balaban J connectivity index is 2.60. The van der Waals surface area contributed by atoms with Crippen molar-refractivity contribution in [1.29, 1.82) is 0 Å². The van der Waals surface area contributed by atoms with Crippen LogP contribution >= 0.6 is 15.9 Å². The Morgan fingerprint density at radius 3 is 2.83 bits per heavy atom. The van der Waals surface area contributed by atoms with E-state index in [1.54, 1.807) is 11.1 Å². The lowest BCUT2D eigenvalue weighted by Crippen LogP contribution is -1.90. The smallest absolute Gasteiger partial charge is 0.0403 e. The molecule has 0 spiro atoms. The molecule has 1 aliphatic rings. The number of halogens is 1. The maximum atomic E-state index is 3.71. The van der Waals surface area contributed by atoms with Gasteiger partial charge in [0.15, 0.2) is 0 Å². The number of hydrogen-bond acceptors (Lipinski definition) is 0. The van der Waals surface area contributed by atoms with Gasteiger partial charge in [0, 0.05) is 4.83 Å². The van der Waals surface area contributed by atoms with Crippen molar-refractivity contribution in [2.24, 2.45) is 0 Å². The molecular weight excluding hydrogens is 212 g/mol.